The first-order valence-corrected chi connectivity index (χ1v) is 21.3. The van der Waals surface area contributed by atoms with Crippen LogP contribution in [0.2, 0.25) is 0 Å². The molecule has 294 valence electrons. The summed E-state index contributed by atoms with van der Waals surface area (Å²) >= 11 is 0. The lowest BCUT2D eigenvalue weighted by atomic mass is 10.00. The molecular weight excluding hydrogens is 753 g/mol. The van der Waals surface area contributed by atoms with Crippen LogP contribution < -0.4 is 9.80 Å². The summed E-state index contributed by atoms with van der Waals surface area (Å²) in [4.78, 5) is 4.77. The van der Waals surface area contributed by atoms with Crippen LogP contribution in [0.3, 0.4) is 0 Å². The number of benzene rings is 10. The van der Waals surface area contributed by atoms with Crippen LogP contribution in [0.25, 0.3) is 65.8 Å². The van der Waals surface area contributed by atoms with Crippen molar-refractivity contribution in [1.29, 1.82) is 0 Å². The molecule has 0 saturated carbocycles. The third kappa shape index (κ3) is 5.76. The molecule has 0 N–H and O–H groups in total. The van der Waals surface area contributed by atoms with Crippen LogP contribution in [0.4, 0.5) is 34.1 Å². The molecule has 12 rings (SSSR count). The van der Waals surface area contributed by atoms with Crippen LogP contribution >= 0.6 is 0 Å². The third-order valence-corrected chi connectivity index (χ3v) is 12.5. The summed E-state index contributed by atoms with van der Waals surface area (Å²) in [7, 11) is 0. The Morgan fingerprint density at radius 2 is 0.726 bits per heavy atom. The van der Waals surface area contributed by atoms with E-state index in [0.29, 0.717) is 0 Å². The molecule has 0 bridgehead atoms. The van der Waals surface area contributed by atoms with Gasteiger partial charge < -0.3 is 18.9 Å². The van der Waals surface area contributed by atoms with Gasteiger partial charge in [0.05, 0.1) is 22.1 Å². The number of hydrogen-bond donors (Lipinski definition) is 0. The molecule has 0 fully saturated rings. The summed E-state index contributed by atoms with van der Waals surface area (Å²) in [6.07, 6.45) is 0. The van der Waals surface area contributed by atoms with Crippen LogP contribution in [0, 0.1) is 13.8 Å². The van der Waals surface area contributed by atoms with Gasteiger partial charge in [-0.05, 0) is 134 Å². The molecule has 0 amide bonds. The monoisotopic (exact) mass is 794 g/mol. The number of anilines is 6. The van der Waals surface area contributed by atoms with E-state index in [-0.39, 0.29) is 0 Å². The first kappa shape index (κ1) is 35.8. The number of nitrogens with zero attached hydrogens (tertiary/aromatic N) is 4. The van der Waals surface area contributed by atoms with E-state index < -0.39 is 0 Å². The fraction of sp³-hybridized carbons (Fsp3) is 0.0345. The Hall–Kier alpha value is -8.08. The van der Waals surface area contributed by atoms with Crippen LogP contribution in [-0.2, 0) is 0 Å². The molecular formula is C58H42N4. The van der Waals surface area contributed by atoms with Gasteiger partial charge in [-0.25, -0.2) is 0 Å². The lowest BCUT2D eigenvalue weighted by Crippen LogP contribution is -2.10. The van der Waals surface area contributed by atoms with Gasteiger partial charge in [-0.15, -0.1) is 0 Å². The van der Waals surface area contributed by atoms with E-state index in [1.165, 1.54) is 54.5 Å². The second-order valence-corrected chi connectivity index (χ2v) is 16.4. The molecule has 2 heterocycles. The zero-order valence-corrected chi connectivity index (χ0v) is 34.6. The van der Waals surface area contributed by atoms with Gasteiger partial charge >= 0.3 is 0 Å². The summed E-state index contributed by atoms with van der Waals surface area (Å²) in [5, 5.41) is 7.38. The van der Waals surface area contributed by atoms with Gasteiger partial charge in [-0.2, -0.15) is 0 Å². The normalized spacial score (nSPS) is 11.7. The van der Waals surface area contributed by atoms with Crippen molar-refractivity contribution in [2.24, 2.45) is 0 Å². The average molecular weight is 795 g/mol. The number of aromatic nitrogens is 2. The summed E-state index contributed by atoms with van der Waals surface area (Å²) in [6.45, 7) is 4.29. The first-order chi connectivity index (χ1) is 30.6. The standard InChI is InChI=1S/C58H42N4/c1-39-22-28-46(29-23-39)59(43-14-6-3-7-15-43)49-34-41-26-27-42-35-50(60(44-16-8-4-9-17-44)47-30-24-40(2)25-31-47)38-56-58(42)57(41)55(37-49)62(56)48-32-33-54-52(36-48)51-20-12-13-21-53(51)61(54)45-18-10-5-11-19-45/h3-38H,1-2H3. The van der Waals surface area contributed by atoms with E-state index >= 15 is 0 Å². The summed E-state index contributed by atoms with van der Waals surface area (Å²) in [5.41, 5.74) is 16.1. The second kappa shape index (κ2) is 14.3. The fourth-order valence-corrected chi connectivity index (χ4v) is 9.66. The van der Waals surface area contributed by atoms with Gasteiger partial charge in [-0.3, -0.25) is 0 Å². The van der Waals surface area contributed by atoms with Crippen molar-refractivity contribution in [3.63, 3.8) is 0 Å². The van der Waals surface area contributed by atoms with Crippen LogP contribution in [0.1, 0.15) is 11.1 Å². The summed E-state index contributed by atoms with van der Waals surface area (Å²) in [6, 6.07) is 79.9. The predicted octanol–water partition coefficient (Wildman–Crippen LogP) is 16.0. The van der Waals surface area contributed by atoms with Crippen molar-refractivity contribution in [3.05, 3.63) is 230 Å². The van der Waals surface area contributed by atoms with Gasteiger partial charge in [0, 0.05) is 67.0 Å². The second-order valence-electron chi connectivity index (χ2n) is 16.4. The van der Waals surface area contributed by atoms with Gasteiger partial charge in [0.1, 0.15) is 0 Å². The maximum absolute atomic E-state index is 2.52. The number of rotatable bonds is 8. The molecule has 0 aliphatic carbocycles. The van der Waals surface area contributed by atoms with Gasteiger partial charge in [0.25, 0.3) is 0 Å². The Kier molecular flexibility index (Phi) is 8.26. The Morgan fingerprint density at radius 1 is 0.290 bits per heavy atom. The third-order valence-electron chi connectivity index (χ3n) is 12.5. The van der Waals surface area contributed by atoms with E-state index in [1.54, 1.807) is 0 Å². The van der Waals surface area contributed by atoms with E-state index in [4.69, 9.17) is 0 Å². The van der Waals surface area contributed by atoms with E-state index in [0.717, 1.165) is 56.5 Å². The SMILES string of the molecule is Cc1ccc(N(c2ccccc2)c2cc3ccc4cc(N(c5ccccc5)c5ccc(C)cc5)cc5c4c3c(c2)n5-c2ccc3c(c2)c2ccccc2n3-c2ccccc2)cc1. The molecule has 62 heavy (non-hydrogen) atoms. The molecule has 2 aromatic heterocycles. The highest BCUT2D eigenvalue weighted by Gasteiger charge is 2.24. The minimum absolute atomic E-state index is 1.10. The highest BCUT2D eigenvalue weighted by atomic mass is 15.2. The average Bonchev–Trinajstić information content (AvgIpc) is 3.83. The van der Waals surface area contributed by atoms with Crippen molar-refractivity contribution >= 4 is 88.5 Å². The van der Waals surface area contributed by atoms with Crippen LogP contribution in [0.15, 0.2) is 218 Å². The minimum Gasteiger partial charge on any atom is -0.310 e. The van der Waals surface area contributed by atoms with Crippen molar-refractivity contribution in [3.8, 4) is 11.4 Å². The first-order valence-electron chi connectivity index (χ1n) is 21.3. The minimum atomic E-state index is 1.10. The molecule has 0 aliphatic rings. The molecule has 10 aromatic carbocycles. The highest BCUT2D eigenvalue weighted by Crippen LogP contribution is 2.47. The van der Waals surface area contributed by atoms with E-state index in [1.807, 2.05) is 0 Å². The largest absolute Gasteiger partial charge is 0.310 e. The molecule has 0 spiro atoms. The maximum Gasteiger partial charge on any atom is 0.0568 e. The molecule has 0 aliphatic heterocycles. The van der Waals surface area contributed by atoms with Crippen molar-refractivity contribution < 1.29 is 0 Å². The lowest BCUT2D eigenvalue weighted by molar-refractivity contribution is 1.16. The lowest BCUT2D eigenvalue weighted by Gasteiger charge is -2.26. The molecule has 4 nitrogen and oxygen atoms in total. The molecule has 0 saturated heterocycles. The fourth-order valence-electron chi connectivity index (χ4n) is 9.66. The Morgan fingerprint density at radius 3 is 1.26 bits per heavy atom. The van der Waals surface area contributed by atoms with Crippen LogP contribution in [0.5, 0.6) is 0 Å². The summed E-state index contributed by atoms with van der Waals surface area (Å²) < 4.78 is 4.91. The Balaban J connectivity index is 1.18. The predicted molar refractivity (Wildman–Crippen MR) is 263 cm³/mol. The van der Waals surface area contributed by atoms with Gasteiger partial charge in [0.15, 0.2) is 0 Å². The molecule has 4 heteroatoms. The van der Waals surface area contributed by atoms with E-state index in [2.05, 4.69) is 251 Å². The number of hydrogen-bond acceptors (Lipinski definition) is 2. The Bertz CT molecular complexity index is 3410. The Labute approximate surface area is 360 Å². The smallest absolute Gasteiger partial charge is 0.0568 e. The quantitative estimate of drug-likeness (QED) is 0.142. The molecule has 0 atom stereocenters. The number of fused-ring (bicyclic) bond motifs is 3. The molecule has 0 unspecified atom stereocenters. The van der Waals surface area contributed by atoms with Crippen LogP contribution in [-0.4, -0.2) is 9.13 Å². The summed E-state index contributed by atoms with van der Waals surface area (Å²) in [5.74, 6) is 0. The van der Waals surface area contributed by atoms with Crippen molar-refractivity contribution in [2.75, 3.05) is 9.80 Å². The number of para-hydroxylation sites is 4. The highest BCUT2D eigenvalue weighted by molar-refractivity contribution is 6.26. The topological polar surface area (TPSA) is 16.3 Å². The zero-order chi connectivity index (χ0) is 41.3. The molecule has 12 aromatic rings. The maximum atomic E-state index is 2.52. The van der Waals surface area contributed by atoms with Gasteiger partial charge in [0.2, 0.25) is 0 Å². The zero-order valence-electron chi connectivity index (χ0n) is 34.6. The number of aryl methyl sites for hydroxylation is 2. The molecule has 0 radical (unpaired) electrons. The van der Waals surface area contributed by atoms with E-state index in [9.17, 15) is 0 Å². The van der Waals surface area contributed by atoms with Crippen molar-refractivity contribution in [2.45, 2.75) is 13.8 Å². The van der Waals surface area contributed by atoms with Gasteiger partial charge in [-0.1, -0.05) is 120 Å². The van der Waals surface area contributed by atoms with Crippen molar-refractivity contribution in [1.82, 2.24) is 9.13 Å².